The van der Waals surface area contributed by atoms with Crippen molar-refractivity contribution in [3.05, 3.63) is 76.0 Å². The molecule has 0 aliphatic heterocycles. The molecule has 0 aliphatic carbocycles. The van der Waals surface area contributed by atoms with Crippen LogP contribution in [-0.2, 0) is 12.1 Å². The van der Waals surface area contributed by atoms with Gasteiger partial charge in [-0.1, -0.05) is 36.3 Å². The Labute approximate surface area is 190 Å². The monoisotopic (exact) mass is 470 g/mol. The van der Waals surface area contributed by atoms with Gasteiger partial charge in [-0.2, -0.15) is 18.4 Å². The minimum atomic E-state index is -4.98. The maximum atomic E-state index is 13.2. The Bertz CT molecular complexity index is 1460. The molecule has 4 aromatic rings. The van der Waals surface area contributed by atoms with Crippen LogP contribution in [-0.4, -0.2) is 21.5 Å². The van der Waals surface area contributed by atoms with Crippen molar-refractivity contribution in [1.82, 2.24) is 10.2 Å². The molecule has 0 bridgehead atoms. The van der Waals surface area contributed by atoms with Crippen LogP contribution in [0.1, 0.15) is 30.4 Å². The summed E-state index contributed by atoms with van der Waals surface area (Å²) < 4.78 is 49.8. The lowest BCUT2D eigenvalue weighted by Gasteiger charge is -2.25. The van der Waals surface area contributed by atoms with Crippen molar-refractivity contribution in [2.75, 3.05) is 5.32 Å². The third-order valence-corrected chi connectivity index (χ3v) is 5.31. The Morgan fingerprint density at radius 2 is 1.91 bits per heavy atom. The van der Waals surface area contributed by atoms with E-state index in [-0.39, 0.29) is 18.1 Å². The van der Waals surface area contributed by atoms with Crippen molar-refractivity contribution in [3.63, 3.8) is 0 Å². The van der Waals surface area contributed by atoms with Crippen molar-refractivity contribution in [1.29, 1.82) is 5.26 Å². The second-order valence-electron chi connectivity index (χ2n) is 7.48. The molecule has 1 atom stereocenters. The molecule has 2 aromatic carbocycles. The quantitative estimate of drug-likeness (QED) is 0.395. The maximum absolute atomic E-state index is 13.2. The molecular formula is C23H17F3N4O4. The predicted molar refractivity (Wildman–Crippen MR) is 115 cm³/mol. The van der Waals surface area contributed by atoms with Gasteiger partial charge >= 0.3 is 17.8 Å². The van der Waals surface area contributed by atoms with E-state index in [0.717, 1.165) is 6.92 Å². The molecule has 0 radical (unpaired) electrons. The molecule has 0 saturated carbocycles. The average Bonchev–Trinajstić information content (AvgIpc) is 3.30. The van der Waals surface area contributed by atoms with E-state index in [1.165, 1.54) is 6.07 Å². The lowest BCUT2D eigenvalue weighted by molar-refractivity contribution is -0.275. The van der Waals surface area contributed by atoms with Gasteiger partial charge in [0.05, 0.1) is 11.6 Å². The summed E-state index contributed by atoms with van der Waals surface area (Å²) in [5, 5.41) is 29.2. The maximum Gasteiger partial charge on any atom is 0.426 e. The smallest absolute Gasteiger partial charge is 0.423 e. The van der Waals surface area contributed by atoms with Gasteiger partial charge in [0.1, 0.15) is 5.58 Å². The van der Waals surface area contributed by atoms with Crippen LogP contribution in [0.4, 0.5) is 19.2 Å². The van der Waals surface area contributed by atoms with Gasteiger partial charge in [-0.25, -0.2) is 4.79 Å². The molecule has 0 saturated heterocycles. The SMILES string of the molecule is CCC(O)(c1nnc(NCc2ccc3c(-c4cccc(C#N)c4)cc(=O)oc3c2)o1)C(F)(F)F. The molecular weight excluding hydrogens is 453 g/mol. The second-order valence-corrected chi connectivity index (χ2v) is 7.48. The largest absolute Gasteiger partial charge is 0.426 e. The first-order chi connectivity index (χ1) is 16.1. The average molecular weight is 470 g/mol. The van der Waals surface area contributed by atoms with Crippen molar-refractivity contribution in [2.24, 2.45) is 0 Å². The number of rotatable bonds is 6. The normalized spacial score (nSPS) is 13.4. The fourth-order valence-corrected chi connectivity index (χ4v) is 3.42. The molecule has 11 heteroatoms. The van der Waals surface area contributed by atoms with Gasteiger partial charge in [-0.05, 0) is 41.3 Å². The van der Waals surface area contributed by atoms with Gasteiger partial charge in [-0.3, -0.25) is 0 Å². The highest BCUT2D eigenvalue weighted by molar-refractivity contribution is 5.93. The van der Waals surface area contributed by atoms with E-state index in [1.54, 1.807) is 42.5 Å². The van der Waals surface area contributed by atoms with Crippen LogP contribution in [0.25, 0.3) is 22.1 Å². The third kappa shape index (κ3) is 4.23. The number of nitrogens with zero attached hydrogens (tertiary/aromatic N) is 3. The zero-order valence-corrected chi connectivity index (χ0v) is 17.7. The number of aromatic nitrogens is 2. The number of aliphatic hydroxyl groups is 1. The molecule has 174 valence electrons. The molecule has 8 nitrogen and oxygen atoms in total. The van der Waals surface area contributed by atoms with E-state index in [0.29, 0.717) is 27.6 Å². The highest BCUT2D eigenvalue weighted by Gasteiger charge is 2.57. The summed E-state index contributed by atoms with van der Waals surface area (Å²) in [6, 6.07) is 14.9. The van der Waals surface area contributed by atoms with Gasteiger partial charge < -0.3 is 19.3 Å². The summed E-state index contributed by atoms with van der Waals surface area (Å²) in [5.74, 6) is -0.959. The molecule has 0 fully saturated rings. The predicted octanol–water partition coefficient (Wildman–Crippen LogP) is 4.49. The zero-order chi connectivity index (χ0) is 24.5. The van der Waals surface area contributed by atoms with E-state index < -0.39 is 29.7 Å². The first-order valence-electron chi connectivity index (χ1n) is 10.1. The highest BCUT2D eigenvalue weighted by Crippen LogP contribution is 2.41. The Balaban J connectivity index is 1.60. The number of benzene rings is 2. The summed E-state index contributed by atoms with van der Waals surface area (Å²) >= 11 is 0. The van der Waals surface area contributed by atoms with Crippen LogP contribution in [0.15, 0.2) is 62.2 Å². The van der Waals surface area contributed by atoms with Gasteiger partial charge in [0.25, 0.3) is 5.89 Å². The molecule has 4 rings (SSSR count). The van der Waals surface area contributed by atoms with Crippen molar-refractivity contribution >= 4 is 17.0 Å². The van der Waals surface area contributed by atoms with Gasteiger partial charge in [-0.15, -0.1) is 5.10 Å². The Morgan fingerprint density at radius 1 is 1.12 bits per heavy atom. The molecule has 0 amide bonds. The summed E-state index contributed by atoms with van der Waals surface area (Å²) in [5.41, 5.74) is -1.22. The van der Waals surface area contributed by atoms with Crippen LogP contribution in [0.5, 0.6) is 0 Å². The number of fused-ring (bicyclic) bond motifs is 1. The lowest BCUT2D eigenvalue weighted by atomic mass is 9.99. The van der Waals surface area contributed by atoms with Crippen molar-refractivity contribution in [2.45, 2.75) is 31.7 Å². The highest BCUT2D eigenvalue weighted by atomic mass is 19.4. The fourth-order valence-electron chi connectivity index (χ4n) is 3.42. The fraction of sp³-hybridized carbons (Fsp3) is 0.217. The number of hydrogen-bond donors (Lipinski definition) is 2. The Morgan fingerprint density at radius 3 is 2.62 bits per heavy atom. The molecule has 2 aromatic heterocycles. The van der Waals surface area contributed by atoms with Crippen LogP contribution < -0.4 is 10.9 Å². The first kappa shape index (κ1) is 23.0. The van der Waals surface area contributed by atoms with E-state index in [9.17, 15) is 23.1 Å². The van der Waals surface area contributed by atoms with E-state index in [1.807, 2.05) is 0 Å². The van der Waals surface area contributed by atoms with Crippen LogP contribution in [0, 0.1) is 11.3 Å². The molecule has 34 heavy (non-hydrogen) atoms. The number of alkyl halides is 3. The zero-order valence-electron chi connectivity index (χ0n) is 17.7. The summed E-state index contributed by atoms with van der Waals surface area (Å²) in [4.78, 5) is 12.1. The van der Waals surface area contributed by atoms with Gasteiger partial charge in [0.2, 0.25) is 5.60 Å². The minimum Gasteiger partial charge on any atom is -0.423 e. The van der Waals surface area contributed by atoms with Crippen molar-refractivity contribution < 1.29 is 27.1 Å². The van der Waals surface area contributed by atoms with Crippen LogP contribution >= 0.6 is 0 Å². The second kappa shape index (κ2) is 8.64. The van der Waals surface area contributed by atoms with Gasteiger partial charge in [0.15, 0.2) is 0 Å². The third-order valence-electron chi connectivity index (χ3n) is 5.31. The number of hydrogen-bond acceptors (Lipinski definition) is 8. The lowest BCUT2D eigenvalue weighted by Crippen LogP contribution is -2.42. The molecule has 2 N–H and O–H groups in total. The van der Waals surface area contributed by atoms with Crippen LogP contribution in [0.3, 0.4) is 0 Å². The molecule has 1 unspecified atom stereocenters. The molecule has 0 aliphatic rings. The van der Waals surface area contributed by atoms with E-state index >= 15 is 0 Å². The van der Waals surface area contributed by atoms with E-state index in [4.69, 9.17) is 14.1 Å². The number of halogens is 3. The standard InChI is InChI=1S/C23H17F3N4O4/c1-2-22(32,23(24,25)26)20-29-30-21(34-20)28-12-14-6-7-16-17(10-19(31)33-18(16)9-14)15-5-3-4-13(8-15)11-27/h3-10,32H,2,12H2,1H3,(H,28,30). The van der Waals surface area contributed by atoms with Gasteiger partial charge in [0, 0.05) is 18.0 Å². The topological polar surface area (TPSA) is 125 Å². The number of nitriles is 1. The summed E-state index contributed by atoms with van der Waals surface area (Å²) in [6.45, 7) is 1.21. The molecule has 2 heterocycles. The summed E-state index contributed by atoms with van der Waals surface area (Å²) in [7, 11) is 0. The number of anilines is 1. The molecule has 0 spiro atoms. The Hall–Kier alpha value is -4.17. The first-order valence-corrected chi connectivity index (χ1v) is 10.1. The minimum absolute atomic E-state index is 0.0615. The number of nitrogens with one attached hydrogen (secondary N) is 1. The van der Waals surface area contributed by atoms with Crippen LogP contribution in [0.2, 0.25) is 0 Å². The van der Waals surface area contributed by atoms with E-state index in [2.05, 4.69) is 21.6 Å². The summed E-state index contributed by atoms with van der Waals surface area (Å²) in [6.07, 6.45) is -5.67. The van der Waals surface area contributed by atoms with Crippen molar-refractivity contribution in [3.8, 4) is 17.2 Å². The Kier molecular flexibility index (Phi) is 5.85.